The molecule has 0 saturated carbocycles. The lowest BCUT2D eigenvalue weighted by molar-refractivity contribution is -0.127. The van der Waals surface area contributed by atoms with Gasteiger partial charge in [-0.05, 0) is 61.1 Å². The van der Waals surface area contributed by atoms with Gasteiger partial charge in [-0.15, -0.1) is 0 Å². The molecule has 2 aromatic carbocycles. The Morgan fingerprint density at radius 2 is 1.83 bits per heavy atom. The molecule has 11 heteroatoms. The molecule has 0 aromatic heterocycles. The van der Waals surface area contributed by atoms with Crippen molar-refractivity contribution in [2.24, 2.45) is 5.41 Å². The maximum absolute atomic E-state index is 14.6. The number of rotatable bonds is 3. The van der Waals surface area contributed by atoms with Gasteiger partial charge in [-0.3, -0.25) is 4.79 Å². The van der Waals surface area contributed by atoms with Crippen LogP contribution < -0.4 is 10.1 Å². The smallest absolute Gasteiger partial charge is 0.247 e. The molecule has 2 atom stereocenters. The molecule has 0 radical (unpaired) electrons. The highest BCUT2D eigenvalue weighted by atomic mass is 32.2. The van der Waals surface area contributed by atoms with Crippen molar-refractivity contribution in [3.8, 4) is 16.9 Å². The minimum Gasteiger partial charge on any atom is -0.492 e. The third kappa shape index (κ3) is 6.43. The minimum absolute atomic E-state index is 0.00604. The fourth-order valence-electron chi connectivity index (χ4n) is 5.98. The number of sulfonamides is 1. The predicted octanol–water partition coefficient (Wildman–Crippen LogP) is 3.93. The second-order valence-corrected chi connectivity index (χ2v) is 14.6. The monoisotopic (exact) mass is 591 g/mol. The number of nitrogens with zero attached hydrogens (tertiary/aromatic N) is 2. The van der Waals surface area contributed by atoms with E-state index in [2.05, 4.69) is 31.0 Å². The summed E-state index contributed by atoms with van der Waals surface area (Å²) in [6.07, 6.45) is 1.87. The van der Waals surface area contributed by atoms with Crippen molar-refractivity contribution in [2.75, 3.05) is 32.8 Å². The van der Waals surface area contributed by atoms with Crippen molar-refractivity contribution in [1.82, 2.24) is 14.5 Å². The summed E-state index contributed by atoms with van der Waals surface area (Å²) in [7, 11) is -4.26. The van der Waals surface area contributed by atoms with E-state index in [1.54, 1.807) is 0 Å². The lowest BCUT2D eigenvalue weighted by Gasteiger charge is -2.43. The van der Waals surface area contributed by atoms with Crippen LogP contribution in [0.25, 0.3) is 11.1 Å². The van der Waals surface area contributed by atoms with E-state index >= 15 is 0 Å². The summed E-state index contributed by atoms with van der Waals surface area (Å²) < 4.78 is 63.0. The number of fused-ring (bicyclic) bond motifs is 2. The molecule has 0 unspecified atom stereocenters. The number of hydrogen-bond donors (Lipinski definition) is 2. The van der Waals surface area contributed by atoms with Gasteiger partial charge in [0.2, 0.25) is 15.9 Å². The number of benzene rings is 2. The number of aliphatic hydroxyl groups excluding tert-OH is 1. The first-order valence-corrected chi connectivity index (χ1v) is 15.7. The normalized spacial score (nSPS) is 25.1. The second-order valence-electron chi connectivity index (χ2n) is 12.8. The third-order valence-electron chi connectivity index (χ3n) is 8.53. The molecule has 0 aliphatic carbocycles. The molecule has 1 spiro atoms. The SMILES string of the molecule is CC(C)(C)CCN1CCC2(CCOc3cc(-c4ccc(F)cc4F)ccc3S(=O)(=O)N3C[C@H](O)C[C@H]3C(=O)N2)CC1. The van der Waals surface area contributed by atoms with Crippen LogP contribution in [0.3, 0.4) is 0 Å². The first kappa shape index (κ1) is 29.9. The zero-order valence-corrected chi connectivity index (χ0v) is 24.6. The van der Waals surface area contributed by atoms with Crippen LogP contribution in [0.15, 0.2) is 41.3 Å². The van der Waals surface area contributed by atoms with Gasteiger partial charge < -0.3 is 20.1 Å². The molecule has 224 valence electrons. The van der Waals surface area contributed by atoms with Crippen LogP contribution in [-0.2, 0) is 14.8 Å². The number of halogens is 2. The molecule has 2 fully saturated rings. The third-order valence-corrected chi connectivity index (χ3v) is 10.4. The molecule has 2 saturated heterocycles. The number of amides is 1. The van der Waals surface area contributed by atoms with Gasteiger partial charge in [0, 0.05) is 49.6 Å². The van der Waals surface area contributed by atoms with Gasteiger partial charge in [-0.25, -0.2) is 17.2 Å². The number of hydrogen-bond acceptors (Lipinski definition) is 6. The number of carbonyl (C=O) groups is 1. The Kier molecular flexibility index (Phi) is 8.19. The number of piperidine rings is 1. The van der Waals surface area contributed by atoms with E-state index in [4.69, 9.17) is 4.74 Å². The van der Waals surface area contributed by atoms with Crippen LogP contribution in [0.1, 0.15) is 52.9 Å². The molecule has 3 aliphatic rings. The predicted molar refractivity (Wildman–Crippen MR) is 151 cm³/mol. The largest absolute Gasteiger partial charge is 0.492 e. The number of likely N-dealkylation sites (tertiary alicyclic amines) is 1. The van der Waals surface area contributed by atoms with Crippen molar-refractivity contribution in [1.29, 1.82) is 0 Å². The first-order chi connectivity index (χ1) is 19.3. The molecule has 8 nitrogen and oxygen atoms in total. The second kappa shape index (κ2) is 11.2. The number of carbonyl (C=O) groups excluding carboxylic acids is 1. The van der Waals surface area contributed by atoms with E-state index in [9.17, 15) is 27.1 Å². The van der Waals surface area contributed by atoms with Gasteiger partial charge in [0.05, 0.1) is 12.7 Å². The van der Waals surface area contributed by atoms with Gasteiger partial charge in [0.15, 0.2) is 0 Å². The molecule has 41 heavy (non-hydrogen) atoms. The lowest BCUT2D eigenvalue weighted by atomic mass is 9.83. The number of aliphatic hydroxyl groups is 1. The summed E-state index contributed by atoms with van der Waals surface area (Å²) in [5.74, 6) is -1.88. The summed E-state index contributed by atoms with van der Waals surface area (Å²) in [5.41, 5.74) is 0.0618. The van der Waals surface area contributed by atoms with Crippen molar-refractivity contribution >= 4 is 15.9 Å². The van der Waals surface area contributed by atoms with Gasteiger partial charge in [0.25, 0.3) is 0 Å². The summed E-state index contributed by atoms with van der Waals surface area (Å²) in [6, 6.07) is 6.34. The Balaban J connectivity index is 1.48. The Labute approximate surface area is 240 Å². The van der Waals surface area contributed by atoms with Crippen LogP contribution in [-0.4, -0.2) is 79.1 Å². The molecular formula is C30H39F2N3O5S. The molecular weight excluding hydrogens is 552 g/mol. The summed E-state index contributed by atoms with van der Waals surface area (Å²) in [4.78, 5) is 15.9. The van der Waals surface area contributed by atoms with E-state index in [0.717, 1.165) is 42.5 Å². The van der Waals surface area contributed by atoms with Crippen molar-refractivity contribution < 1.29 is 31.8 Å². The van der Waals surface area contributed by atoms with E-state index in [1.807, 2.05) is 0 Å². The van der Waals surface area contributed by atoms with E-state index in [1.165, 1.54) is 24.3 Å². The van der Waals surface area contributed by atoms with Crippen molar-refractivity contribution in [3.63, 3.8) is 0 Å². The van der Waals surface area contributed by atoms with Crippen LogP contribution in [0.5, 0.6) is 5.75 Å². The van der Waals surface area contributed by atoms with Crippen LogP contribution in [0, 0.1) is 17.0 Å². The summed E-state index contributed by atoms with van der Waals surface area (Å²) >= 11 is 0. The van der Waals surface area contributed by atoms with Gasteiger partial charge >= 0.3 is 0 Å². The minimum atomic E-state index is -4.26. The standard InChI is InChI=1S/C30H39F2N3O5S/c1-29(2,3)8-12-34-13-9-30(10-14-34)11-15-40-26-16-20(23-6-5-21(31)17-24(23)32)4-7-27(26)41(38,39)35-19-22(36)18-25(35)28(37)33-30/h4-7,16-17,22,25,36H,8-15,18-19H2,1-3H3,(H,33,37)/t22-,25+/m1/s1. The van der Waals surface area contributed by atoms with Gasteiger partial charge in [0.1, 0.15) is 28.3 Å². The Bertz CT molecular complexity index is 1400. The van der Waals surface area contributed by atoms with Gasteiger partial charge in [-0.1, -0.05) is 26.8 Å². The fourth-order valence-corrected chi connectivity index (χ4v) is 7.73. The molecule has 3 heterocycles. The zero-order chi connectivity index (χ0) is 29.6. The Morgan fingerprint density at radius 3 is 2.51 bits per heavy atom. The average molecular weight is 592 g/mol. The fraction of sp³-hybridized carbons (Fsp3) is 0.567. The molecule has 1 amide bonds. The molecule has 0 bridgehead atoms. The average Bonchev–Trinajstić information content (AvgIpc) is 3.30. The van der Waals surface area contributed by atoms with E-state index in [-0.39, 0.29) is 41.2 Å². The Morgan fingerprint density at radius 1 is 1.10 bits per heavy atom. The van der Waals surface area contributed by atoms with Crippen LogP contribution in [0.4, 0.5) is 8.78 Å². The van der Waals surface area contributed by atoms with E-state index < -0.39 is 45.2 Å². The highest BCUT2D eigenvalue weighted by molar-refractivity contribution is 7.89. The maximum atomic E-state index is 14.6. The number of ether oxygens (including phenoxy) is 1. The highest BCUT2D eigenvalue weighted by Crippen LogP contribution is 2.38. The van der Waals surface area contributed by atoms with Crippen molar-refractivity contribution in [3.05, 3.63) is 48.0 Å². The first-order valence-electron chi connectivity index (χ1n) is 14.2. The summed E-state index contributed by atoms with van der Waals surface area (Å²) in [5, 5.41) is 13.6. The van der Waals surface area contributed by atoms with Gasteiger partial charge in [-0.2, -0.15) is 4.31 Å². The number of nitrogens with one attached hydrogen (secondary N) is 1. The molecule has 2 N–H and O–H groups in total. The molecule has 5 rings (SSSR count). The van der Waals surface area contributed by atoms with Crippen LogP contribution in [0.2, 0.25) is 0 Å². The quantitative estimate of drug-likeness (QED) is 0.562. The Hall–Kier alpha value is -2.60. The van der Waals surface area contributed by atoms with Crippen LogP contribution >= 0.6 is 0 Å². The summed E-state index contributed by atoms with van der Waals surface area (Å²) in [6.45, 7) is 9.08. The molecule has 3 aliphatic heterocycles. The highest BCUT2D eigenvalue weighted by Gasteiger charge is 2.47. The van der Waals surface area contributed by atoms with E-state index in [0.29, 0.717) is 24.8 Å². The zero-order valence-electron chi connectivity index (χ0n) is 23.8. The lowest BCUT2D eigenvalue weighted by Crippen LogP contribution is -2.59. The molecule has 2 aromatic rings. The van der Waals surface area contributed by atoms with Crippen molar-refractivity contribution in [2.45, 2.75) is 75.5 Å². The maximum Gasteiger partial charge on any atom is 0.247 e. The topological polar surface area (TPSA) is 99.2 Å².